The Labute approximate surface area is 95.6 Å². The monoisotopic (exact) mass is 226 g/mol. The molecular weight excluding hydrogens is 208 g/mol. The largest absolute Gasteiger partial charge is 0.462 e. The minimum absolute atomic E-state index is 0.169. The lowest BCUT2D eigenvalue weighted by Gasteiger charge is -2.23. The molecule has 1 heterocycles. The SMILES string of the molecule is C=C(C)C(=O)OCCC1OC(=O)CC1(C)C. The zero-order valence-corrected chi connectivity index (χ0v) is 10.0. The highest BCUT2D eigenvalue weighted by Gasteiger charge is 2.41. The maximum atomic E-state index is 11.1. The fourth-order valence-electron chi connectivity index (χ4n) is 1.68. The highest BCUT2D eigenvalue weighted by molar-refractivity contribution is 5.86. The third-order valence-corrected chi connectivity index (χ3v) is 2.71. The Balaban J connectivity index is 2.36. The first-order chi connectivity index (χ1) is 7.33. The van der Waals surface area contributed by atoms with Crippen LogP contribution in [0.15, 0.2) is 12.2 Å². The molecule has 1 atom stereocenters. The van der Waals surface area contributed by atoms with Gasteiger partial charge in [-0.25, -0.2) is 4.79 Å². The predicted octanol–water partition coefficient (Wildman–Crippen LogP) is 1.84. The topological polar surface area (TPSA) is 52.6 Å². The molecule has 1 saturated heterocycles. The highest BCUT2D eigenvalue weighted by atomic mass is 16.6. The third kappa shape index (κ3) is 3.08. The van der Waals surface area contributed by atoms with Crippen molar-refractivity contribution in [2.75, 3.05) is 6.61 Å². The van der Waals surface area contributed by atoms with E-state index in [1.54, 1.807) is 6.92 Å². The van der Waals surface area contributed by atoms with Crippen LogP contribution in [-0.4, -0.2) is 24.6 Å². The smallest absolute Gasteiger partial charge is 0.333 e. The molecule has 1 rings (SSSR count). The van der Waals surface area contributed by atoms with Crippen molar-refractivity contribution in [3.05, 3.63) is 12.2 Å². The van der Waals surface area contributed by atoms with Crippen LogP contribution in [0, 0.1) is 5.41 Å². The number of ether oxygens (including phenoxy) is 2. The Kier molecular flexibility index (Phi) is 3.73. The van der Waals surface area contributed by atoms with Crippen LogP contribution in [0.4, 0.5) is 0 Å². The minimum atomic E-state index is -0.401. The summed E-state index contributed by atoms with van der Waals surface area (Å²) < 4.78 is 10.1. The zero-order chi connectivity index (χ0) is 12.3. The first kappa shape index (κ1) is 12.7. The van der Waals surface area contributed by atoms with E-state index < -0.39 is 5.97 Å². The second-order valence-electron chi connectivity index (χ2n) is 4.85. The molecule has 1 aliphatic heterocycles. The molecule has 4 heteroatoms. The van der Waals surface area contributed by atoms with Crippen molar-refractivity contribution in [1.29, 1.82) is 0 Å². The van der Waals surface area contributed by atoms with Crippen molar-refractivity contribution in [3.8, 4) is 0 Å². The summed E-state index contributed by atoms with van der Waals surface area (Å²) in [6, 6.07) is 0. The van der Waals surface area contributed by atoms with Crippen LogP contribution in [-0.2, 0) is 19.1 Å². The molecule has 90 valence electrons. The number of carbonyl (C=O) groups excluding carboxylic acids is 2. The van der Waals surface area contributed by atoms with E-state index in [1.807, 2.05) is 13.8 Å². The number of hydrogen-bond acceptors (Lipinski definition) is 4. The molecule has 0 aromatic rings. The van der Waals surface area contributed by atoms with Crippen LogP contribution in [0.3, 0.4) is 0 Å². The molecule has 0 saturated carbocycles. The Bertz CT molecular complexity index is 317. The summed E-state index contributed by atoms with van der Waals surface area (Å²) in [5.41, 5.74) is 0.204. The maximum absolute atomic E-state index is 11.1. The quantitative estimate of drug-likeness (QED) is 0.542. The van der Waals surface area contributed by atoms with E-state index in [0.29, 0.717) is 18.4 Å². The summed E-state index contributed by atoms with van der Waals surface area (Å²) in [5, 5.41) is 0. The van der Waals surface area contributed by atoms with Crippen LogP contribution < -0.4 is 0 Å². The van der Waals surface area contributed by atoms with Gasteiger partial charge in [0.05, 0.1) is 13.0 Å². The Morgan fingerprint density at radius 3 is 2.69 bits per heavy atom. The fraction of sp³-hybridized carbons (Fsp3) is 0.667. The lowest BCUT2D eigenvalue weighted by molar-refractivity contribution is -0.144. The summed E-state index contributed by atoms with van der Waals surface area (Å²) in [7, 11) is 0. The lowest BCUT2D eigenvalue weighted by atomic mass is 9.84. The second kappa shape index (κ2) is 4.68. The van der Waals surface area contributed by atoms with E-state index in [4.69, 9.17) is 9.47 Å². The normalized spacial score (nSPS) is 22.7. The predicted molar refractivity (Wildman–Crippen MR) is 58.7 cm³/mol. The summed E-state index contributed by atoms with van der Waals surface area (Å²) in [6.45, 7) is 9.29. The Hall–Kier alpha value is -1.32. The molecule has 4 nitrogen and oxygen atoms in total. The van der Waals surface area contributed by atoms with Gasteiger partial charge in [-0.15, -0.1) is 0 Å². The molecule has 0 aromatic heterocycles. The van der Waals surface area contributed by atoms with Gasteiger partial charge in [0.25, 0.3) is 0 Å². The lowest BCUT2D eigenvalue weighted by Crippen LogP contribution is -2.26. The molecule has 1 unspecified atom stereocenters. The average molecular weight is 226 g/mol. The van der Waals surface area contributed by atoms with Crippen molar-refractivity contribution in [2.24, 2.45) is 5.41 Å². The zero-order valence-electron chi connectivity index (χ0n) is 10.0. The van der Waals surface area contributed by atoms with Gasteiger partial charge in [0.15, 0.2) is 0 Å². The van der Waals surface area contributed by atoms with Gasteiger partial charge >= 0.3 is 11.9 Å². The number of esters is 2. The van der Waals surface area contributed by atoms with Gasteiger partial charge in [-0.3, -0.25) is 4.79 Å². The molecule has 0 amide bonds. The van der Waals surface area contributed by atoms with Gasteiger partial charge in [-0.2, -0.15) is 0 Å². The van der Waals surface area contributed by atoms with E-state index in [0.717, 1.165) is 0 Å². The van der Waals surface area contributed by atoms with Crippen molar-refractivity contribution in [2.45, 2.75) is 39.7 Å². The van der Waals surface area contributed by atoms with Crippen LogP contribution in [0.1, 0.15) is 33.6 Å². The molecule has 0 spiro atoms. The van der Waals surface area contributed by atoms with E-state index >= 15 is 0 Å². The summed E-state index contributed by atoms with van der Waals surface area (Å²) >= 11 is 0. The molecule has 0 bridgehead atoms. The first-order valence-corrected chi connectivity index (χ1v) is 5.35. The minimum Gasteiger partial charge on any atom is -0.462 e. The number of cyclic esters (lactones) is 1. The maximum Gasteiger partial charge on any atom is 0.333 e. The van der Waals surface area contributed by atoms with Gasteiger partial charge in [-0.05, 0) is 6.92 Å². The summed E-state index contributed by atoms with van der Waals surface area (Å²) in [5.74, 6) is -0.580. The fourth-order valence-corrected chi connectivity index (χ4v) is 1.68. The number of rotatable bonds is 4. The second-order valence-corrected chi connectivity index (χ2v) is 4.85. The Morgan fingerprint density at radius 1 is 1.62 bits per heavy atom. The van der Waals surface area contributed by atoms with Gasteiger partial charge in [0.2, 0.25) is 0 Å². The van der Waals surface area contributed by atoms with E-state index in [9.17, 15) is 9.59 Å². The van der Waals surface area contributed by atoms with Crippen LogP contribution in [0.2, 0.25) is 0 Å². The van der Waals surface area contributed by atoms with Gasteiger partial charge in [-0.1, -0.05) is 20.4 Å². The third-order valence-electron chi connectivity index (χ3n) is 2.71. The van der Waals surface area contributed by atoms with Gasteiger partial charge < -0.3 is 9.47 Å². The molecule has 0 N–H and O–H groups in total. The molecular formula is C12H18O4. The van der Waals surface area contributed by atoms with E-state index in [1.165, 1.54) is 0 Å². The summed E-state index contributed by atoms with van der Waals surface area (Å²) in [6.07, 6.45) is 0.794. The first-order valence-electron chi connectivity index (χ1n) is 5.35. The average Bonchev–Trinajstić information content (AvgIpc) is 2.39. The van der Waals surface area contributed by atoms with E-state index in [-0.39, 0.29) is 24.1 Å². The molecule has 0 radical (unpaired) electrons. The molecule has 16 heavy (non-hydrogen) atoms. The standard InChI is InChI=1S/C12H18O4/c1-8(2)11(14)15-6-5-9-12(3,4)7-10(13)16-9/h9H,1,5-7H2,2-4H3. The number of hydrogen-bond donors (Lipinski definition) is 0. The number of carbonyl (C=O) groups is 2. The van der Waals surface area contributed by atoms with Gasteiger partial charge in [0, 0.05) is 17.4 Å². The molecule has 0 aliphatic carbocycles. The van der Waals surface area contributed by atoms with Gasteiger partial charge in [0.1, 0.15) is 6.10 Å². The molecule has 0 aromatic carbocycles. The Morgan fingerprint density at radius 2 is 2.25 bits per heavy atom. The van der Waals surface area contributed by atoms with Crippen molar-refractivity contribution >= 4 is 11.9 Å². The van der Waals surface area contributed by atoms with Crippen LogP contribution >= 0.6 is 0 Å². The van der Waals surface area contributed by atoms with E-state index in [2.05, 4.69) is 6.58 Å². The highest BCUT2D eigenvalue weighted by Crippen LogP contribution is 2.36. The van der Waals surface area contributed by atoms with Crippen molar-refractivity contribution in [3.63, 3.8) is 0 Å². The summed E-state index contributed by atoms with van der Waals surface area (Å²) in [4.78, 5) is 22.2. The van der Waals surface area contributed by atoms with Crippen LogP contribution in [0.5, 0.6) is 0 Å². The van der Waals surface area contributed by atoms with Crippen molar-refractivity contribution < 1.29 is 19.1 Å². The molecule has 1 fully saturated rings. The molecule has 1 aliphatic rings. The van der Waals surface area contributed by atoms with Crippen molar-refractivity contribution in [1.82, 2.24) is 0 Å². The van der Waals surface area contributed by atoms with Crippen LogP contribution in [0.25, 0.3) is 0 Å².